The third-order valence-corrected chi connectivity index (χ3v) is 3.81. The van der Waals surface area contributed by atoms with Crippen molar-refractivity contribution in [1.82, 2.24) is 0 Å². The van der Waals surface area contributed by atoms with Crippen molar-refractivity contribution >= 4 is 28.9 Å². The number of rotatable bonds is 4. The van der Waals surface area contributed by atoms with Crippen molar-refractivity contribution in [2.75, 3.05) is 10.6 Å². The predicted molar refractivity (Wildman–Crippen MR) is 114 cm³/mol. The first kappa shape index (κ1) is 24.1. The molecule has 2 aromatic carbocycles. The largest absolute Gasteiger partial charge is 1.00 e. The fourth-order valence-electron chi connectivity index (χ4n) is 2.35. The Morgan fingerprint density at radius 2 is 1.50 bits per heavy atom. The second-order valence-electron chi connectivity index (χ2n) is 6.04. The van der Waals surface area contributed by atoms with Gasteiger partial charge in [0.25, 0.3) is 11.8 Å². The molecule has 0 aliphatic heterocycles. The van der Waals surface area contributed by atoms with E-state index in [0.717, 1.165) is 0 Å². The van der Waals surface area contributed by atoms with E-state index in [-0.39, 0.29) is 36.3 Å². The van der Waals surface area contributed by atoms with E-state index >= 15 is 0 Å². The van der Waals surface area contributed by atoms with Gasteiger partial charge < -0.3 is 25.2 Å². The number of hydrogen-bond acceptors (Lipinski definition) is 5. The molecule has 0 radical (unpaired) electrons. The molecule has 32 heavy (non-hydrogen) atoms. The average Bonchev–Trinajstić information content (AvgIpc) is 3.49. The summed E-state index contributed by atoms with van der Waals surface area (Å²) in [6.07, 6.45) is 2.83. The summed E-state index contributed by atoms with van der Waals surface area (Å²) in [5.41, 5.74) is 9.02. The van der Waals surface area contributed by atoms with Crippen LogP contribution in [0.2, 0.25) is 0 Å². The quantitative estimate of drug-likeness (QED) is 0.387. The van der Waals surface area contributed by atoms with Crippen molar-refractivity contribution < 1.29 is 37.3 Å². The van der Waals surface area contributed by atoms with Crippen molar-refractivity contribution in [3.05, 3.63) is 108 Å². The molecule has 0 fully saturated rings. The van der Waals surface area contributed by atoms with Gasteiger partial charge in [0.15, 0.2) is 11.5 Å². The molecule has 154 valence electrons. The Hall–Kier alpha value is -4.17. The second kappa shape index (κ2) is 11.9. The number of anilines is 2. The molecule has 0 aliphatic carbocycles. The Morgan fingerprint density at radius 1 is 0.906 bits per heavy atom. The molecule has 4 rings (SSSR count). The normalized spacial score (nSPS) is 9.34. The topological polar surface area (TPSA) is 132 Å². The molecule has 8 nitrogen and oxygen atoms in total. The van der Waals surface area contributed by atoms with E-state index in [1.807, 2.05) is 6.07 Å². The van der Waals surface area contributed by atoms with Gasteiger partial charge in [0.1, 0.15) is 0 Å². The van der Waals surface area contributed by atoms with Gasteiger partial charge in [-0.05, 0) is 36.4 Å². The zero-order valence-electron chi connectivity index (χ0n) is 17.1. The smallest absolute Gasteiger partial charge is 0.699 e. The zero-order valence-corrected chi connectivity index (χ0v) is 17.1. The number of nitrogens with zero attached hydrogens (tertiary/aromatic N) is 1. The molecular weight excluding hydrogens is 403 g/mol. The number of hydrogen-bond donors (Lipinski definition) is 2. The first-order chi connectivity index (χ1) is 15.0. The van der Waals surface area contributed by atoms with Gasteiger partial charge in [-0.25, -0.2) is 0 Å². The summed E-state index contributed by atoms with van der Waals surface area (Å²) in [6, 6.07) is 22.5. The third-order valence-electron chi connectivity index (χ3n) is 3.81. The van der Waals surface area contributed by atoms with E-state index in [2.05, 4.69) is 16.7 Å². The number of carbonyl (C=O) groups is 2. The van der Waals surface area contributed by atoms with Crippen LogP contribution >= 0.6 is 0 Å². The maximum Gasteiger partial charge on any atom is 1.00 e. The molecular formula is C23H16LiN4O4-. The first-order valence-electron chi connectivity index (χ1n) is 8.98. The van der Waals surface area contributed by atoms with Gasteiger partial charge in [-0.2, -0.15) is 17.4 Å². The summed E-state index contributed by atoms with van der Waals surface area (Å²) in [7, 11) is 0. The predicted octanol–water partition coefficient (Wildman–Crippen LogP) is 2.42. The van der Waals surface area contributed by atoms with E-state index < -0.39 is 5.91 Å². The summed E-state index contributed by atoms with van der Waals surface area (Å²) < 4.78 is 10.0. The van der Waals surface area contributed by atoms with Crippen molar-refractivity contribution in [3.63, 3.8) is 0 Å². The van der Waals surface area contributed by atoms with Crippen LogP contribution in [-0.4, -0.2) is 11.8 Å². The van der Waals surface area contributed by atoms with E-state index in [1.54, 1.807) is 66.7 Å². The summed E-state index contributed by atoms with van der Waals surface area (Å²) in [4.78, 5) is 23.7. The van der Waals surface area contributed by atoms with Crippen LogP contribution in [0.3, 0.4) is 0 Å². The molecule has 0 spiro atoms. The van der Waals surface area contributed by atoms with Crippen LogP contribution in [0.15, 0.2) is 88.1 Å². The molecule has 0 bridgehead atoms. The molecule has 0 atom stereocenters. The maximum atomic E-state index is 11.9. The van der Waals surface area contributed by atoms with Gasteiger partial charge in [0.05, 0.1) is 24.2 Å². The van der Waals surface area contributed by atoms with Gasteiger partial charge in [-0.3, -0.25) is 9.59 Å². The number of nitriles is 1. The zero-order chi connectivity index (χ0) is 22.1. The Balaban J connectivity index is 0.000000307. The monoisotopic (exact) mass is 419 g/mol. The van der Waals surface area contributed by atoms with Gasteiger partial charge in [-0.1, -0.05) is 23.5 Å². The minimum Gasteiger partial charge on any atom is -0.699 e. The molecule has 0 saturated heterocycles. The molecule has 3 N–H and O–H groups in total. The molecule has 2 aromatic heterocycles. The molecule has 2 amide bonds. The molecule has 9 heteroatoms. The van der Waals surface area contributed by atoms with E-state index in [1.165, 1.54) is 12.5 Å². The first-order valence-corrected chi connectivity index (χ1v) is 8.98. The Bertz CT molecular complexity index is 1120. The number of benzene rings is 2. The summed E-state index contributed by atoms with van der Waals surface area (Å²) in [5, 5.41) is 13.6. The van der Waals surface area contributed by atoms with Crippen LogP contribution in [0.1, 0.15) is 26.7 Å². The van der Waals surface area contributed by atoms with Gasteiger partial charge in [-0.15, -0.1) is 17.8 Å². The van der Waals surface area contributed by atoms with Crippen molar-refractivity contribution in [2.24, 2.45) is 0 Å². The number of carbonyl (C=O) groups excluding carboxylic acids is 2. The van der Waals surface area contributed by atoms with Gasteiger partial charge in [0.2, 0.25) is 0 Å². The maximum absolute atomic E-state index is 11.9. The van der Waals surface area contributed by atoms with Crippen molar-refractivity contribution in [2.45, 2.75) is 0 Å². The second-order valence-corrected chi connectivity index (χ2v) is 6.04. The molecule has 0 unspecified atom stereocenters. The SMILES string of the molecule is N#Cc1ccc([NH-])cc1.O=C(Nc1[c-]ccc(NC(=O)c2ccco2)c1)c1ccco1.[Li+]. The summed E-state index contributed by atoms with van der Waals surface area (Å²) in [5.74, 6) is -0.372. The van der Waals surface area contributed by atoms with E-state index in [4.69, 9.17) is 19.8 Å². The van der Waals surface area contributed by atoms with Crippen LogP contribution < -0.4 is 29.5 Å². The van der Waals surface area contributed by atoms with Crippen LogP contribution in [-0.2, 0) is 0 Å². The standard InChI is InChI=1S/C16H11N2O4.C7H5N2.Li/c19-15(13-6-2-8-21-13)17-11-4-1-5-12(10-11)18-16(20)14-7-3-9-22-14;8-5-6-1-3-7(9)4-2-6;/h1-4,6-10H,(H,17,19)(H,18,20);1-4,9H;/q2*-1;+1. The van der Waals surface area contributed by atoms with Crippen LogP contribution in [0.4, 0.5) is 17.1 Å². The Kier molecular flexibility index (Phi) is 8.94. The Morgan fingerprint density at radius 3 is 2.03 bits per heavy atom. The molecule has 2 heterocycles. The van der Waals surface area contributed by atoms with Gasteiger partial charge in [0, 0.05) is 0 Å². The number of amides is 2. The van der Waals surface area contributed by atoms with Crippen LogP contribution in [0.25, 0.3) is 5.73 Å². The minimum atomic E-state index is -0.393. The van der Waals surface area contributed by atoms with Gasteiger partial charge >= 0.3 is 18.9 Å². The fraction of sp³-hybridized carbons (Fsp3) is 0. The fourth-order valence-corrected chi connectivity index (χ4v) is 2.35. The third kappa shape index (κ3) is 6.96. The number of nitrogens with one attached hydrogen (secondary N) is 3. The van der Waals surface area contributed by atoms with Crippen LogP contribution in [0, 0.1) is 17.4 Å². The van der Waals surface area contributed by atoms with E-state index in [0.29, 0.717) is 22.6 Å². The molecule has 4 aromatic rings. The van der Waals surface area contributed by atoms with Crippen molar-refractivity contribution in [3.8, 4) is 6.07 Å². The number of furan rings is 2. The van der Waals surface area contributed by atoms with Crippen molar-refractivity contribution in [1.29, 1.82) is 5.26 Å². The van der Waals surface area contributed by atoms with E-state index in [9.17, 15) is 9.59 Å². The van der Waals surface area contributed by atoms with Crippen LogP contribution in [0.5, 0.6) is 0 Å². The average molecular weight is 419 g/mol. The minimum absolute atomic E-state index is 0. The summed E-state index contributed by atoms with van der Waals surface area (Å²) >= 11 is 0. The Labute approximate surface area is 196 Å². The molecule has 0 saturated carbocycles. The summed E-state index contributed by atoms with van der Waals surface area (Å²) in [6.45, 7) is 0. The molecule has 0 aliphatic rings.